The lowest BCUT2D eigenvalue weighted by Gasteiger charge is -2.11. The van der Waals surface area contributed by atoms with Crippen LogP contribution in [0.15, 0.2) is 40.9 Å². The third-order valence-corrected chi connectivity index (χ3v) is 3.06. The maximum Gasteiger partial charge on any atom is 0.145 e. The highest BCUT2D eigenvalue weighted by molar-refractivity contribution is 9.10. The van der Waals surface area contributed by atoms with Gasteiger partial charge in [0.15, 0.2) is 0 Å². The average molecular weight is 326 g/mol. The lowest BCUT2D eigenvalue weighted by atomic mass is 10.2. The molecule has 3 nitrogen and oxygen atoms in total. The van der Waals surface area contributed by atoms with Gasteiger partial charge in [0, 0.05) is 12.1 Å². The average Bonchev–Trinajstić information content (AvgIpc) is 2.38. The Hall–Kier alpha value is -1.75. The Kier molecular flexibility index (Phi) is 4.27. The summed E-state index contributed by atoms with van der Waals surface area (Å²) >= 11 is 3.30. The molecule has 0 spiro atoms. The molecule has 19 heavy (non-hydrogen) atoms. The Morgan fingerprint density at radius 2 is 1.95 bits per heavy atom. The van der Waals surface area contributed by atoms with Crippen LogP contribution in [0.25, 0.3) is 0 Å². The van der Waals surface area contributed by atoms with Crippen LogP contribution in [0, 0.1) is 5.82 Å². The second-order valence-corrected chi connectivity index (χ2v) is 4.66. The third-order valence-electron chi connectivity index (χ3n) is 2.41. The lowest BCUT2D eigenvalue weighted by molar-refractivity contribution is 0.340. The van der Waals surface area contributed by atoms with Gasteiger partial charge in [-0.25, -0.2) is 4.39 Å². The summed E-state index contributed by atoms with van der Waals surface area (Å²) in [4.78, 5) is 0. The number of rotatable bonds is 4. The fraction of sp³-hybridized carbons (Fsp3) is 0.143. The van der Waals surface area contributed by atoms with Gasteiger partial charge in [-0.05, 0) is 47.1 Å². The molecule has 0 bridgehead atoms. The van der Waals surface area contributed by atoms with Crippen molar-refractivity contribution in [2.45, 2.75) is 6.92 Å². The molecule has 0 radical (unpaired) electrons. The van der Waals surface area contributed by atoms with Crippen molar-refractivity contribution in [1.82, 2.24) is 0 Å². The maximum absolute atomic E-state index is 13.2. The Balaban J connectivity index is 2.28. The van der Waals surface area contributed by atoms with Crippen molar-refractivity contribution >= 4 is 21.6 Å². The number of halogens is 2. The van der Waals surface area contributed by atoms with Crippen molar-refractivity contribution in [2.75, 3.05) is 12.3 Å². The van der Waals surface area contributed by atoms with E-state index in [4.69, 9.17) is 15.2 Å². The zero-order chi connectivity index (χ0) is 13.8. The van der Waals surface area contributed by atoms with E-state index in [2.05, 4.69) is 15.9 Å². The lowest BCUT2D eigenvalue weighted by Crippen LogP contribution is -1.97. The smallest absolute Gasteiger partial charge is 0.145 e. The molecular formula is C14H13BrFNO2. The molecule has 2 aromatic carbocycles. The summed E-state index contributed by atoms with van der Waals surface area (Å²) in [5.74, 6) is 1.11. The Labute approximate surface area is 119 Å². The summed E-state index contributed by atoms with van der Waals surface area (Å²) in [6.45, 7) is 2.38. The molecular weight excluding hydrogens is 313 g/mol. The van der Waals surface area contributed by atoms with Gasteiger partial charge < -0.3 is 15.2 Å². The summed E-state index contributed by atoms with van der Waals surface area (Å²) in [5, 5.41) is 0. The predicted molar refractivity (Wildman–Crippen MR) is 76.2 cm³/mol. The van der Waals surface area contributed by atoms with Crippen molar-refractivity contribution in [3.8, 4) is 17.2 Å². The molecule has 0 heterocycles. The van der Waals surface area contributed by atoms with Gasteiger partial charge in [-0.2, -0.15) is 0 Å². The van der Waals surface area contributed by atoms with Gasteiger partial charge in [0.2, 0.25) is 0 Å². The van der Waals surface area contributed by atoms with Crippen LogP contribution in [-0.4, -0.2) is 6.61 Å². The fourth-order valence-corrected chi connectivity index (χ4v) is 1.87. The van der Waals surface area contributed by atoms with E-state index in [1.54, 1.807) is 24.3 Å². The molecule has 0 amide bonds. The van der Waals surface area contributed by atoms with Crippen molar-refractivity contribution in [3.63, 3.8) is 0 Å². The Morgan fingerprint density at radius 1 is 1.16 bits per heavy atom. The largest absolute Gasteiger partial charge is 0.492 e. The summed E-state index contributed by atoms with van der Waals surface area (Å²) in [6, 6.07) is 9.32. The SMILES string of the molecule is CCOc1cc(Oc2cc(F)ccc2Br)ccc1N. The van der Waals surface area contributed by atoms with Crippen LogP contribution in [0.1, 0.15) is 6.92 Å². The Bertz CT molecular complexity index is 590. The van der Waals surface area contributed by atoms with Crippen molar-refractivity contribution < 1.29 is 13.9 Å². The molecule has 2 N–H and O–H groups in total. The predicted octanol–water partition coefficient (Wildman–Crippen LogP) is 4.36. The normalized spacial score (nSPS) is 10.3. The first kappa shape index (κ1) is 13.7. The highest BCUT2D eigenvalue weighted by Gasteiger charge is 2.07. The molecule has 100 valence electrons. The van der Waals surface area contributed by atoms with E-state index in [-0.39, 0.29) is 5.82 Å². The molecule has 0 aliphatic rings. The number of anilines is 1. The summed E-state index contributed by atoms with van der Waals surface area (Å²) in [7, 11) is 0. The van der Waals surface area contributed by atoms with E-state index < -0.39 is 0 Å². The second kappa shape index (κ2) is 5.93. The quantitative estimate of drug-likeness (QED) is 0.849. The number of benzene rings is 2. The number of nitrogen functional groups attached to an aromatic ring is 1. The van der Waals surface area contributed by atoms with E-state index in [0.717, 1.165) is 0 Å². The summed E-state index contributed by atoms with van der Waals surface area (Å²) < 4.78 is 24.8. The van der Waals surface area contributed by atoms with Crippen LogP contribution in [0.3, 0.4) is 0 Å². The van der Waals surface area contributed by atoms with Gasteiger partial charge in [-0.1, -0.05) is 0 Å². The minimum absolute atomic E-state index is 0.362. The van der Waals surface area contributed by atoms with Crippen LogP contribution < -0.4 is 15.2 Å². The van der Waals surface area contributed by atoms with E-state index >= 15 is 0 Å². The molecule has 0 saturated heterocycles. The molecule has 0 aliphatic heterocycles. The highest BCUT2D eigenvalue weighted by Crippen LogP contribution is 2.33. The van der Waals surface area contributed by atoms with Gasteiger partial charge in [-0.3, -0.25) is 0 Å². The molecule has 0 fully saturated rings. The minimum atomic E-state index is -0.362. The molecule has 5 heteroatoms. The van der Waals surface area contributed by atoms with Crippen LogP contribution in [-0.2, 0) is 0 Å². The summed E-state index contributed by atoms with van der Waals surface area (Å²) in [6.07, 6.45) is 0. The first-order valence-corrected chi connectivity index (χ1v) is 6.54. The second-order valence-electron chi connectivity index (χ2n) is 3.81. The van der Waals surface area contributed by atoms with Gasteiger partial charge in [0.25, 0.3) is 0 Å². The summed E-state index contributed by atoms with van der Waals surface area (Å²) in [5.41, 5.74) is 6.31. The first-order valence-electron chi connectivity index (χ1n) is 5.75. The van der Waals surface area contributed by atoms with E-state index in [9.17, 15) is 4.39 Å². The first-order chi connectivity index (χ1) is 9.10. The standard InChI is InChI=1S/C14H13BrFNO2/c1-2-18-14-8-10(4-6-12(14)17)19-13-7-9(16)3-5-11(13)15/h3-8H,2,17H2,1H3. The van der Waals surface area contributed by atoms with Crippen molar-refractivity contribution in [2.24, 2.45) is 0 Å². The fourth-order valence-electron chi connectivity index (χ4n) is 1.54. The highest BCUT2D eigenvalue weighted by atomic mass is 79.9. The third kappa shape index (κ3) is 3.38. The van der Waals surface area contributed by atoms with Gasteiger partial charge in [-0.15, -0.1) is 0 Å². The van der Waals surface area contributed by atoms with E-state index in [0.29, 0.717) is 34.0 Å². The maximum atomic E-state index is 13.2. The number of hydrogen-bond acceptors (Lipinski definition) is 3. The monoisotopic (exact) mass is 325 g/mol. The van der Waals surface area contributed by atoms with Crippen LogP contribution >= 0.6 is 15.9 Å². The Morgan fingerprint density at radius 3 is 2.68 bits per heavy atom. The number of ether oxygens (including phenoxy) is 2. The molecule has 0 saturated carbocycles. The zero-order valence-corrected chi connectivity index (χ0v) is 11.9. The molecule has 0 atom stereocenters. The van der Waals surface area contributed by atoms with Crippen LogP contribution in [0.2, 0.25) is 0 Å². The zero-order valence-electron chi connectivity index (χ0n) is 10.3. The molecule has 2 aromatic rings. The molecule has 0 aromatic heterocycles. The van der Waals surface area contributed by atoms with Crippen LogP contribution in [0.4, 0.5) is 10.1 Å². The van der Waals surface area contributed by atoms with Crippen molar-refractivity contribution in [3.05, 3.63) is 46.7 Å². The molecule has 0 unspecified atom stereocenters. The van der Waals surface area contributed by atoms with E-state index in [1.807, 2.05) is 6.92 Å². The number of hydrogen-bond donors (Lipinski definition) is 1. The topological polar surface area (TPSA) is 44.5 Å². The van der Waals surface area contributed by atoms with Crippen LogP contribution in [0.5, 0.6) is 17.2 Å². The van der Waals surface area contributed by atoms with Gasteiger partial charge >= 0.3 is 0 Å². The van der Waals surface area contributed by atoms with Gasteiger partial charge in [0.1, 0.15) is 23.1 Å². The van der Waals surface area contributed by atoms with E-state index in [1.165, 1.54) is 12.1 Å². The van der Waals surface area contributed by atoms with Crippen molar-refractivity contribution in [1.29, 1.82) is 0 Å². The van der Waals surface area contributed by atoms with Gasteiger partial charge in [0.05, 0.1) is 16.8 Å². The molecule has 0 aliphatic carbocycles. The number of nitrogens with two attached hydrogens (primary N) is 1. The minimum Gasteiger partial charge on any atom is -0.492 e. The molecule has 2 rings (SSSR count).